The van der Waals surface area contributed by atoms with Gasteiger partial charge in [-0.25, -0.2) is 4.79 Å². The quantitative estimate of drug-likeness (QED) is 0.286. The zero-order chi connectivity index (χ0) is 19.7. The number of carbonyl (C=O) groups is 6. The predicted octanol–water partition coefficient (Wildman–Crippen LogP) is -1.98. The SMILES string of the molecule is CCOC(=O)CNC(=O)CC(C=O)NC(=O)N1CCN(CC)C(=O)C1=O. The molecule has 1 saturated heterocycles. The fraction of sp³-hybridized carbons (Fsp3) is 0.600. The van der Waals surface area contributed by atoms with E-state index in [-0.39, 0.29) is 26.2 Å². The molecule has 1 unspecified atom stereocenters. The minimum Gasteiger partial charge on any atom is -0.465 e. The van der Waals surface area contributed by atoms with Crippen molar-refractivity contribution in [2.45, 2.75) is 26.3 Å². The molecular formula is C15H22N4O7. The molecule has 0 radical (unpaired) electrons. The third-order valence-corrected chi connectivity index (χ3v) is 3.55. The lowest BCUT2D eigenvalue weighted by atomic mass is 10.2. The van der Waals surface area contributed by atoms with Gasteiger partial charge in [-0.3, -0.25) is 24.1 Å². The molecule has 1 aliphatic heterocycles. The number of nitrogens with one attached hydrogen (secondary N) is 2. The fourth-order valence-corrected chi connectivity index (χ4v) is 2.19. The normalized spacial score (nSPS) is 15.3. The van der Waals surface area contributed by atoms with Gasteiger partial charge in [-0.05, 0) is 13.8 Å². The number of hydrogen-bond donors (Lipinski definition) is 2. The highest BCUT2D eigenvalue weighted by atomic mass is 16.5. The number of esters is 1. The molecule has 1 fully saturated rings. The number of aldehydes is 1. The first kappa shape index (κ1) is 21.1. The second-order valence-corrected chi connectivity index (χ2v) is 5.32. The average molecular weight is 370 g/mol. The summed E-state index contributed by atoms with van der Waals surface area (Å²) in [5.41, 5.74) is 0. The maximum Gasteiger partial charge on any atom is 0.325 e. The molecule has 5 amide bonds. The Balaban J connectivity index is 2.54. The molecule has 144 valence electrons. The van der Waals surface area contributed by atoms with Gasteiger partial charge in [0.05, 0.1) is 19.1 Å². The van der Waals surface area contributed by atoms with Crippen LogP contribution in [-0.4, -0.2) is 84.6 Å². The van der Waals surface area contributed by atoms with Crippen LogP contribution in [0.5, 0.6) is 0 Å². The van der Waals surface area contributed by atoms with E-state index in [0.29, 0.717) is 17.7 Å². The summed E-state index contributed by atoms with van der Waals surface area (Å²) in [4.78, 5) is 71.7. The second-order valence-electron chi connectivity index (χ2n) is 5.32. The number of likely N-dealkylation sites (N-methyl/N-ethyl adjacent to an activating group) is 1. The van der Waals surface area contributed by atoms with E-state index in [2.05, 4.69) is 15.4 Å². The van der Waals surface area contributed by atoms with E-state index in [1.54, 1.807) is 13.8 Å². The molecule has 0 saturated carbocycles. The van der Waals surface area contributed by atoms with Crippen LogP contribution in [0.3, 0.4) is 0 Å². The summed E-state index contributed by atoms with van der Waals surface area (Å²) < 4.78 is 4.63. The van der Waals surface area contributed by atoms with Gasteiger partial charge in [0.2, 0.25) is 5.91 Å². The first-order valence-corrected chi connectivity index (χ1v) is 8.12. The van der Waals surface area contributed by atoms with Gasteiger partial charge in [0.25, 0.3) is 0 Å². The monoisotopic (exact) mass is 370 g/mol. The molecule has 11 nitrogen and oxygen atoms in total. The Kier molecular flexibility index (Phi) is 8.19. The zero-order valence-electron chi connectivity index (χ0n) is 14.6. The van der Waals surface area contributed by atoms with Crippen LogP contribution < -0.4 is 10.6 Å². The van der Waals surface area contributed by atoms with Gasteiger partial charge in [0.1, 0.15) is 12.8 Å². The molecule has 1 heterocycles. The molecule has 26 heavy (non-hydrogen) atoms. The Morgan fingerprint density at radius 3 is 2.46 bits per heavy atom. The number of ether oxygens (including phenoxy) is 1. The largest absolute Gasteiger partial charge is 0.465 e. The summed E-state index contributed by atoms with van der Waals surface area (Å²) in [6, 6.07) is -2.15. The standard InChI is InChI=1S/C15H22N4O7/c1-3-18-5-6-19(14(24)13(18)23)15(25)17-10(9-20)7-11(21)16-8-12(22)26-4-2/h9-10H,3-8H2,1-2H3,(H,16,21)(H,17,25). The maximum absolute atomic E-state index is 12.1. The van der Waals surface area contributed by atoms with Crippen LogP contribution in [0, 0.1) is 0 Å². The highest BCUT2D eigenvalue weighted by Crippen LogP contribution is 2.05. The van der Waals surface area contributed by atoms with Crippen LogP contribution in [0.1, 0.15) is 20.3 Å². The highest BCUT2D eigenvalue weighted by molar-refractivity contribution is 6.38. The summed E-state index contributed by atoms with van der Waals surface area (Å²) in [6.07, 6.45) is -0.0951. The van der Waals surface area contributed by atoms with Gasteiger partial charge in [-0.2, -0.15) is 0 Å². The fourth-order valence-electron chi connectivity index (χ4n) is 2.19. The van der Waals surface area contributed by atoms with Crippen molar-refractivity contribution < 1.29 is 33.5 Å². The molecule has 0 aliphatic carbocycles. The predicted molar refractivity (Wildman–Crippen MR) is 86.6 cm³/mol. The Hall–Kier alpha value is -2.98. The van der Waals surface area contributed by atoms with Gasteiger partial charge in [-0.15, -0.1) is 0 Å². The minimum absolute atomic E-state index is 0.00905. The van der Waals surface area contributed by atoms with Gasteiger partial charge in [0, 0.05) is 19.6 Å². The van der Waals surface area contributed by atoms with Crippen molar-refractivity contribution in [3.8, 4) is 0 Å². The van der Waals surface area contributed by atoms with Gasteiger partial charge in [-0.1, -0.05) is 0 Å². The number of carbonyl (C=O) groups excluding carboxylic acids is 6. The number of rotatable bonds is 8. The van der Waals surface area contributed by atoms with E-state index in [1.165, 1.54) is 4.90 Å². The summed E-state index contributed by atoms with van der Waals surface area (Å²) in [5, 5.41) is 4.46. The molecule has 0 aromatic heterocycles. The third-order valence-electron chi connectivity index (χ3n) is 3.55. The number of nitrogens with zero attached hydrogens (tertiary/aromatic N) is 2. The van der Waals surface area contributed by atoms with Crippen molar-refractivity contribution >= 4 is 36.0 Å². The lowest BCUT2D eigenvalue weighted by molar-refractivity contribution is -0.153. The van der Waals surface area contributed by atoms with E-state index in [9.17, 15) is 28.8 Å². The summed E-state index contributed by atoms with van der Waals surface area (Å²) in [7, 11) is 0. The van der Waals surface area contributed by atoms with E-state index >= 15 is 0 Å². The third kappa shape index (κ3) is 5.83. The highest BCUT2D eigenvalue weighted by Gasteiger charge is 2.36. The molecule has 0 aromatic rings. The number of amides is 5. The number of piperazine rings is 1. The van der Waals surface area contributed by atoms with E-state index < -0.39 is 42.2 Å². The van der Waals surface area contributed by atoms with Crippen molar-refractivity contribution in [2.24, 2.45) is 0 Å². The lowest BCUT2D eigenvalue weighted by Gasteiger charge is -2.32. The first-order chi connectivity index (χ1) is 12.3. The Morgan fingerprint density at radius 2 is 1.88 bits per heavy atom. The van der Waals surface area contributed by atoms with Crippen LogP contribution in [0.4, 0.5) is 4.79 Å². The molecule has 0 aromatic carbocycles. The molecule has 0 bridgehead atoms. The Morgan fingerprint density at radius 1 is 1.19 bits per heavy atom. The van der Waals surface area contributed by atoms with Crippen molar-refractivity contribution in [1.82, 2.24) is 20.4 Å². The van der Waals surface area contributed by atoms with Gasteiger partial charge in [0.15, 0.2) is 0 Å². The second kappa shape index (κ2) is 10.1. The van der Waals surface area contributed by atoms with E-state index in [1.807, 2.05) is 0 Å². The molecule has 1 aliphatic rings. The summed E-state index contributed by atoms with van der Waals surface area (Å²) in [6.45, 7) is 3.66. The number of urea groups is 1. The molecule has 2 N–H and O–H groups in total. The van der Waals surface area contributed by atoms with E-state index in [4.69, 9.17) is 0 Å². The smallest absolute Gasteiger partial charge is 0.325 e. The van der Waals surface area contributed by atoms with Gasteiger partial charge >= 0.3 is 23.8 Å². The lowest BCUT2D eigenvalue weighted by Crippen LogP contribution is -2.59. The number of hydrogen-bond acceptors (Lipinski definition) is 7. The first-order valence-electron chi connectivity index (χ1n) is 8.12. The summed E-state index contributed by atoms with van der Waals surface area (Å²) >= 11 is 0. The number of imide groups is 1. The van der Waals surface area contributed by atoms with Crippen molar-refractivity contribution in [3.63, 3.8) is 0 Å². The minimum atomic E-state index is -1.21. The topological polar surface area (TPSA) is 142 Å². The zero-order valence-corrected chi connectivity index (χ0v) is 14.6. The van der Waals surface area contributed by atoms with Crippen LogP contribution >= 0.6 is 0 Å². The Bertz CT molecular complexity index is 593. The molecular weight excluding hydrogens is 348 g/mol. The Labute approximate surface area is 150 Å². The van der Waals surface area contributed by atoms with Crippen LogP contribution in [0.25, 0.3) is 0 Å². The molecule has 0 spiro atoms. The van der Waals surface area contributed by atoms with Crippen molar-refractivity contribution in [2.75, 3.05) is 32.8 Å². The van der Waals surface area contributed by atoms with E-state index in [0.717, 1.165) is 0 Å². The van der Waals surface area contributed by atoms with Crippen molar-refractivity contribution in [3.05, 3.63) is 0 Å². The van der Waals surface area contributed by atoms with Crippen molar-refractivity contribution in [1.29, 1.82) is 0 Å². The average Bonchev–Trinajstić information content (AvgIpc) is 2.61. The van der Waals surface area contributed by atoms with Crippen LogP contribution in [0.15, 0.2) is 0 Å². The van der Waals surface area contributed by atoms with Crippen LogP contribution in [-0.2, 0) is 28.7 Å². The maximum atomic E-state index is 12.1. The molecule has 1 atom stereocenters. The van der Waals surface area contributed by atoms with Crippen LogP contribution in [0.2, 0.25) is 0 Å². The van der Waals surface area contributed by atoms with Gasteiger partial charge < -0.3 is 25.1 Å². The molecule has 11 heteroatoms. The molecule has 1 rings (SSSR count). The summed E-state index contributed by atoms with van der Waals surface area (Å²) in [5.74, 6) is -3.09.